The maximum atomic E-state index is 12.1. The fourth-order valence-corrected chi connectivity index (χ4v) is 4.18. The predicted octanol–water partition coefficient (Wildman–Crippen LogP) is 3.79. The highest BCUT2D eigenvalue weighted by Gasteiger charge is 2.16. The zero-order chi connectivity index (χ0) is 15.6. The highest BCUT2D eigenvalue weighted by molar-refractivity contribution is 9.10. The number of carbonyl (C=O) groups excluding carboxylic acids is 1. The molecule has 0 aliphatic rings. The molecule has 0 spiro atoms. The van der Waals surface area contributed by atoms with Crippen LogP contribution in [0.5, 0.6) is 0 Å². The van der Waals surface area contributed by atoms with E-state index in [1.807, 2.05) is 0 Å². The molecule has 1 heterocycles. The van der Waals surface area contributed by atoms with Gasteiger partial charge >= 0.3 is 0 Å². The summed E-state index contributed by atoms with van der Waals surface area (Å²) in [6, 6.07) is 7.58. The van der Waals surface area contributed by atoms with Crippen LogP contribution < -0.4 is 5.32 Å². The van der Waals surface area contributed by atoms with Gasteiger partial charge in [-0.05, 0) is 62.2 Å². The van der Waals surface area contributed by atoms with Crippen LogP contribution in [0.3, 0.4) is 0 Å². The monoisotopic (exact) mass is 452 g/mol. The van der Waals surface area contributed by atoms with Crippen LogP contribution in [0.2, 0.25) is 0 Å². The van der Waals surface area contributed by atoms with Gasteiger partial charge in [-0.1, -0.05) is 0 Å². The molecule has 110 valence electrons. The third-order valence-corrected chi connectivity index (χ3v) is 5.36. The largest absolute Gasteiger partial charge is 0.321 e. The number of benzene rings is 1. The fraction of sp³-hybridized carbons (Fsp3) is 0. The van der Waals surface area contributed by atoms with Gasteiger partial charge in [0.1, 0.15) is 5.69 Å². The Hall–Kier alpha value is -0.960. The van der Waals surface area contributed by atoms with Crippen molar-refractivity contribution < 1.29 is 13.2 Å². The molecule has 0 aliphatic carbocycles. The maximum Gasteiger partial charge on any atom is 0.275 e. The van der Waals surface area contributed by atoms with Gasteiger partial charge in [0.15, 0.2) is 0 Å². The van der Waals surface area contributed by atoms with Gasteiger partial charge in [-0.3, -0.25) is 4.79 Å². The second-order valence-corrected chi connectivity index (χ2v) is 8.11. The third-order valence-electron chi connectivity index (χ3n) is 2.43. The molecule has 0 atom stereocenters. The van der Waals surface area contributed by atoms with E-state index in [-0.39, 0.29) is 15.1 Å². The van der Waals surface area contributed by atoms with Crippen molar-refractivity contribution in [1.29, 1.82) is 0 Å². The van der Waals surface area contributed by atoms with Crippen molar-refractivity contribution in [2.45, 2.75) is 4.90 Å². The van der Waals surface area contributed by atoms with E-state index < -0.39 is 15.0 Å². The van der Waals surface area contributed by atoms with E-state index in [0.717, 1.165) is 0 Å². The summed E-state index contributed by atoms with van der Waals surface area (Å²) in [4.78, 5) is 16.0. The van der Waals surface area contributed by atoms with Crippen LogP contribution in [-0.2, 0) is 9.05 Å². The Morgan fingerprint density at radius 2 is 1.90 bits per heavy atom. The second kappa shape index (κ2) is 6.43. The Balaban J connectivity index is 2.27. The topological polar surface area (TPSA) is 76.1 Å². The van der Waals surface area contributed by atoms with Gasteiger partial charge in [-0.15, -0.1) is 0 Å². The number of nitrogens with zero attached hydrogens (tertiary/aromatic N) is 1. The molecule has 21 heavy (non-hydrogen) atoms. The quantitative estimate of drug-likeness (QED) is 0.716. The lowest BCUT2D eigenvalue weighted by molar-refractivity contribution is 0.102. The molecule has 5 nitrogen and oxygen atoms in total. The summed E-state index contributed by atoms with van der Waals surface area (Å²) in [6.07, 6.45) is 1.50. The molecular formula is C12H7Br2ClN2O3S. The molecule has 1 aromatic heterocycles. The summed E-state index contributed by atoms with van der Waals surface area (Å²) in [5.74, 6) is -0.421. The minimum Gasteiger partial charge on any atom is -0.321 e. The molecule has 9 heteroatoms. The maximum absolute atomic E-state index is 12.1. The van der Waals surface area contributed by atoms with E-state index in [1.54, 1.807) is 12.1 Å². The first-order chi connectivity index (χ1) is 9.79. The Bertz CT molecular complexity index is 812. The molecule has 2 rings (SSSR count). The van der Waals surface area contributed by atoms with E-state index in [9.17, 15) is 13.2 Å². The zero-order valence-corrected chi connectivity index (χ0v) is 14.9. The molecule has 0 bridgehead atoms. The zero-order valence-electron chi connectivity index (χ0n) is 10.2. The van der Waals surface area contributed by atoms with E-state index in [2.05, 4.69) is 42.2 Å². The van der Waals surface area contributed by atoms with Gasteiger partial charge in [0.25, 0.3) is 15.0 Å². The molecule has 0 aliphatic heterocycles. The molecule has 1 aromatic carbocycles. The molecule has 1 N–H and O–H groups in total. The van der Waals surface area contributed by atoms with E-state index >= 15 is 0 Å². The number of hydrogen-bond donors (Lipinski definition) is 1. The third kappa shape index (κ3) is 4.03. The number of rotatable bonds is 3. The average molecular weight is 455 g/mol. The van der Waals surface area contributed by atoms with Crippen LogP contribution in [0.1, 0.15) is 10.5 Å². The molecule has 2 aromatic rings. The fourth-order valence-electron chi connectivity index (χ4n) is 1.52. The summed E-state index contributed by atoms with van der Waals surface area (Å²) in [5.41, 5.74) is 0.635. The average Bonchev–Trinajstić information content (AvgIpc) is 2.37. The predicted molar refractivity (Wildman–Crippen MR) is 87.1 cm³/mol. The first kappa shape index (κ1) is 16.4. The highest BCUT2D eigenvalue weighted by Crippen LogP contribution is 2.28. The van der Waals surface area contributed by atoms with Gasteiger partial charge in [0.05, 0.1) is 4.90 Å². The van der Waals surface area contributed by atoms with Crippen LogP contribution >= 0.6 is 42.5 Å². The van der Waals surface area contributed by atoms with E-state index in [0.29, 0.717) is 10.2 Å². The van der Waals surface area contributed by atoms with Crippen LogP contribution in [0.4, 0.5) is 5.69 Å². The number of nitrogens with one attached hydrogen (secondary N) is 1. The van der Waals surface area contributed by atoms with E-state index in [1.165, 1.54) is 24.4 Å². The van der Waals surface area contributed by atoms with Crippen molar-refractivity contribution in [2.24, 2.45) is 0 Å². The minimum atomic E-state index is -3.84. The van der Waals surface area contributed by atoms with E-state index in [4.69, 9.17) is 10.7 Å². The number of hydrogen-bond acceptors (Lipinski definition) is 4. The Labute approximate surface area is 142 Å². The summed E-state index contributed by atoms with van der Waals surface area (Å²) < 4.78 is 23.4. The first-order valence-corrected chi connectivity index (χ1v) is 9.34. The first-order valence-electron chi connectivity index (χ1n) is 5.45. The van der Waals surface area contributed by atoms with Gasteiger partial charge in [0.2, 0.25) is 0 Å². The number of pyridine rings is 1. The Morgan fingerprint density at radius 3 is 2.48 bits per heavy atom. The Morgan fingerprint density at radius 1 is 1.19 bits per heavy atom. The van der Waals surface area contributed by atoms with Gasteiger partial charge < -0.3 is 5.32 Å². The summed E-state index contributed by atoms with van der Waals surface area (Å²) in [5, 5.41) is 2.62. The normalized spacial score (nSPS) is 11.2. The number of halogens is 3. The summed E-state index contributed by atoms with van der Waals surface area (Å²) in [7, 11) is 1.43. The molecule has 0 radical (unpaired) electrons. The second-order valence-electron chi connectivity index (χ2n) is 3.87. The molecule has 1 amide bonds. The van der Waals surface area contributed by atoms with Crippen LogP contribution in [-0.4, -0.2) is 19.3 Å². The lowest BCUT2D eigenvalue weighted by Gasteiger charge is -2.08. The van der Waals surface area contributed by atoms with Gasteiger partial charge in [0, 0.05) is 31.5 Å². The van der Waals surface area contributed by atoms with Crippen molar-refractivity contribution in [2.75, 3.05) is 5.32 Å². The minimum absolute atomic E-state index is 0.0683. The number of carbonyl (C=O) groups is 1. The molecule has 0 fully saturated rings. The van der Waals surface area contributed by atoms with Crippen LogP contribution in [0, 0.1) is 0 Å². The van der Waals surface area contributed by atoms with Crippen LogP contribution in [0.25, 0.3) is 0 Å². The lowest BCUT2D eigenvalue weighted by Crippen LogP contribution is -2.14. The summed E-state index contributed by atoms with van der Waals surface area (Å²) in [6.45, 7) is 0. The lowest BCUT2D eigenvalue weighted by atomic mass is 10.3. The smallest absolute Gasteiger partial charge is 0.275 e. The number of amides is 1. The standard InChI is InChI=1S/C12H7Br2ClN2O3S/c13-8-2-1-5-16-11(8)12(18)17-7-3-4-10(9(14)6-7)21(15,19)20/h1-6H,(H,17,18). The van der Waals surface area contributed by atoms with Crippen molar-refractivity contribution in [3.63, 3.8) is 0 Å². The Kier molecular flexibility index (Phi) is 5.03. The van der Waals surface area contributed by atoms with Crippen molar-refractivity contribution in [3.05, 3.63) is 51.2 Å². The molecule has 0 saturated carbocycles. The highest BCUT2D eigenvalue weighted by atomic mass is 79.9. The number of aromatic nitrogens is 1. The van der Waals surface area contributed by atoms with Gasteiger partial charge in [-0.25, -0.2) is 13.4 Å². The van der Waals surface area contributed by atoms with Crippen molar-refractivity contribution in [3.8, 4) is 0 Å². The molecule has 0 saturated heterocycles. The van der Waals surface area contributed by atoms with Crippen molar-refractivity contribution in [1.82, 2.24) is 4.98 Å². The summed E-state index contributed by atoms with van der Waals surface area (Å²) >= 11 is 6.34. The molecule has 0 unspecified atom stereocenters. The molecular weight excluding hydrogens is 447 g/mol. The van der Waals surface area contributed by atoms with Gasteiger partial charge in [-0.2, -0.15) is 0 Å². The number of anilines is 1. The van der Waals surface area contributed by atoms with Crippen LogP contribution in [0.15, 0.2) is 50.4 Å². The SMILES string of the molecule is O=C(Nc1ccc(S(=O)(=O)Cl)c(Br)c1)c1ncccc1Br. The van der Waals surface area contributed by atoms with Crippen molar-refractivity contribution >= 4 is 63.2 Å².